The van der Waals surface area contributed by atoms with Gasteiger partial charge in [-0.2, -0.15) is 4.57 Å². The van der Waals surface area contributed by atoms with Crippen molar-refractivity contribution in [1.82, 2.24) is 9.78 Å². The Labute approximate surface area is 176 Å². The summed E-state index contributed by atoms with van der Waals surface area (Å²) in [6, 6.07) is 11.7. The molecular weight excluding hydrogens is 378 g/mol. The molecule has 4 rings (SSSR count). The summed E-state index contributed by atoms with van der Waals surface area (Å²) in [5.74, 6) is 2.71. The van der Waals surface area contributed by atoms with Crippen molar-refractivity contribution >= 4 is 5.78 Å². The number of fused-ring (bicyclic) bond motifs is 1. The first-order valence-corrected chi connectivity index (χ1v) is 10.3. The van der Waals surface area contributed by atoms with Crippen LogP contribution in [0.3, 0.4) is 0 Å². The molecule has 0 aliphatic carbocycles. The molecule has 30 heavy (non-hydrogen) atoms. The number of nitrogens with zero attached hydrogens (tertiary/aromatic N) is 3. The summed E-state index contributed by atoms with van der Waals surface area (Å²) in [6.45, 7) is 9.70. The van der Waals surface area contributed by atoms with E-state index >= 15 is 0 Å². The third-order valence-electron chi connectivity index (χ3n) is 6.19. The molecule has 0 bridgehead atoms. The fourth-order valence-corrected chi connectivity index (χ4v) is 4.27. The number of benzene rings is 2. The summed E-state index contributed by atoms with van der Waals surface area (Å²) in [5.41, 5.74) is 2.76. The third kappa shape index (κ3) is 3.26. The van der Waals surface area contributed by atoms with Crippen molar-refractivity contribution in [1.29, 1.82) is 0 Å². The minimum Gasteiger partial charge on any atom is -0.508 e. The van der Waals surface area contributed by atoms with E-state index in [1.165, 1.54) is 0 Å². The fraction of sp³-hybridized carbons (Fsp3) is 0.375. The predicted molar refractivity (Wildman–Crippen MR) is 113 cm³/mol. The van der Waals surface area contributed by atoms with Gasteiger partial charge in [-0.3, -0.25) is 4.79 Å². The number of aromatic hydroxyl groups is 1. The maximum Gasteiger partial charge on any atom is 0.279 e. The Bertz CT molecular complexity index is 1130. The first-order valence-electron chi connectivity index (χ1n) is 10.3. The van der Waals surface area contributed by atoms with Crippen molar-refractivity contribution in [2.24, 2.45) is 0 Å². The standard InChI is InChI=1S/C24H27N3O3/c1-15-13-21(28)16(2)20-11-12-24(5,30-23(15)20)22(29)14-26-18(4)27(17(3)25-26)19-9-7-6-8-10-19/h6-10,13H,11-12,14H2,1-5H3/p+1. The van der Waals surface area contributed by atoms with Crippen LogP contribution < -0.4 is 9.30 Å². The van der Waals surface area contributed by atoms with Crippen molar-refractivity contribution in [3.63, 3.8) is 0 Å². The van der Waals surface area contributed by atoms with Gasteiger partial charge in [0.2, 0.25) is 11.6 Å². The number of aryl methyl sites for hydroxylation is 2. The molecule has 156 valence electrons. The van der Waals surface area contributed by atoms with E-state index in [-0.39, 0.29) is 18.1 Å². The lowest BCUT2D eigenvalue weighted by atomic mass is 9.86. The second-order valence-corrected chi connectivity index (χ2v) is 8.32. The number of hydrogen-bond acceptors (Lipinski definition) is 4. The first-order chi connectivity index (χ1) is 14.2. The van der Waals surface area contributed by atoms with Crippen LogP contribution in [0, 0.1) is 27.7 Å². The number of aromatic nitrogens is 3. The molecule has 0 fully saturated rings. The smallest absolute Gasteiger partial charge is 0.279 e. The molecule has 1 aliphatic rings. The minimum atomic E-state index is -0.926. The zero-order valence-electron chi connectivity index (χ0n) is 18.2. The molecule has 0 saturated carbocycles. The van der Waals surface area contributed by atoms with Gasteiger partial charge in [-0.05, 0) is 62.9 Å². The number of phenolic OH excluding ortho intramolecular Hbond substituents is 1. The Morgan fingerprint density at radius 1 is 1.23 bits per heavy atom. The number of para-hydroxylation sites is 1. The molecule has 0 spiro atoms. The Hall–Kier alpha value is -3.15. The number of Topliss-reactive ketones (excluding diaryl/α,β-unsaturated/α-hetero) is 1. The highest BCUT2D eigenvalue weighted by Crippen LogP contribution is 2.41. The molecule has 1 atom stereocenters. The SMILES string of the molecule is Cc1cc(O)c(C)c2c1OC(C)(C(=O)Cn1nc(C)[n+](-c3ccccc3)c1C)CC2. The van der Waals surface area contributed by atoms with Crippen molar-refractivity contribution in [2.75, 3.05) is 0 Å². The van der Waals surface area contributed by atoms with Crippen molar-refractivity contribution in [2.45, 2.75) is 59.6 Å². The van der Waals surface area contributed by atoms with E-state index < -0.39 is 5.60 Å². The van der Waals surface area contributed by atoms with Gasteiger partial charge in [0.15, 0.2) is 12.1 Å². The summed E-state index contributed by atoms with van der Waals surface area (Å²) in [4.78, 5) is 13.3. The normalized spacial score (nSPS) is 18.0. The summed E-state index contributed by atoms with van der Waals surface area (Å²) < 4.78 is 10.1. The van der Waals surface area contributed by atoms with Crippen molar-refractivity contribution in [3.05, 3.63) is 64.7 Å². The number of ketones is 1. The molecule has 1 unspecified atom stereocenters. The van der Waals surface area contributed by atoms with Gasteiger partial charge in [0.1, 0.15) is 17.2 Å². The van der Waals surface area contributed by atoms with Crippen molar-refractivity contribution < 1.29 is 19.2 Å². The highest BCUT2D eigenvalue weighted by molar-refractivity contribution is 5.87. The van der Waals surface area contributed by atoms with E-state index in [1.807, 2.05) is 69.5 Å². The van der Waals surface area contributed by atoms with Crippen LogP contribution in [0.5, 0.6) is 11.5 Å². The topological polar surface area (TPSA) is 68.2 Å². The van der Waals surface area contributed by atoms with Crippen LogP contribution >= 0.6 is 0 Å². The van der Waals surface area contributed by atoms with Gasteiger partial charge in [-0.25, -0.2) is 0 Å². The van der Waals surface area contributed by atoms with Crippen LogP contribution in [0.2, 0.25) is 0 Å². The molecular formula is C24H28N3O3+. The number of carbonyl (C=O) groups is 1. The van der Waals surface area contributed by atoms with Gasteiger partial charge < -0.3 is 9.84 Å². The minimum absolute atomic E-state index is 0.0101. The highest BCUT2D eigenvalue weighted by atomic mass is 16.5. The van der Waals surface area contributed by atoms with Gasteiger partial charge >= 0.3 is 0 Å². The van der Waals surface area contributed by atoms with E-state index in [0.29, 0.717) is 12.8 Å². The molecule has 3 aromatic rings. The van der Waals surface area contributed by atoms with Gasteiger partial charge in [0.25, 0.3) is 5.82 Å². The maximum absolute atomic E-state index is 13.3. The summed E-state index contributed by atoms with van der Waals surface area (Å²) >= 11 is 0. The zero-order valence-corrected chi connectivity index (χ0v) is 18.2. The second-order valence-electron chi connectivity index (χ2n) is 8.32. The quantitative estimate of drug-likeness (QED) is 0.674. The lowest BCUT2D eigenvalue weighted by Crippen LogP contribution is -2.46. The van der Waals surface area contributed by atoms with Crippen LogP contribution in [0.4, 0.5) is 0 Å². The molecule has 1 aliphatic heterocycles. The molecule has 1 aromatic heterocycles. The Kier molecular flexibility index (Phi) is 4.88. The molecule has 0 saturated heterocycles. The molecule has 1 N–H and O–H groups in total. The number of ether oxygens (including phenoxy) is 1. The number of carbonyl (C=O) groups excluding carboxylic acids is 1. The lowest BCUT2D eigenvalue weighted by Gasteiger charge is -2.35. The van der Waals surface area contributed by atoms with Crippen molar-refractivity contribution in [3.8, 4) is 17.2 Å². The van der Waals surface area contributed by atoms with E-state index in [4.69, 9.17) is 4.74 Å². The Balaban J connectivity index is 1.62. The molecule has 2 heterocycles. The average molecular weight is 407 g/mol. The lowest BCUT2D eigenvalue weighted by molar-refractivity contribution is -0.610. The number of rotatable bonds is 4. The van der Waals surface area contributed by atoms with Crippen LogP contribution in [-0.4, -0.2) is 26.3 Å². The molecule has 0 radical (unpaired) electrons. The number of hydrogen-bond donors (Lipinski definition) is 1. The zero-order chi connectivity index (χ0) is 21.6. The summed E-state index contributed by atoms with van der Waals surface area (Å²) in [7, 11) is 0. The van der Waals surface area contributed by atoms with Gasteiger partial charge in [0, 0.05) is 24.5 Å². The van der Waals surface area contributed by atoms with E-state index in [1.54, 1.807) is 10.7 Å². The highest BCUT2D eigenvalue weighted by Gasteiger charge is 2.41. The van der Waals surface area contributed by atoms with Crippen LogP contribution in [-0.2, 0) is 17.8 Å². The van der Waals surface area contributed by atoms with Gasteiger partial charge in [0.05, 0.1) is 0 Å². The average Bonchev–Trinajstić information content (AvgIpc) is 3.00. The maximum atomic E-state index is 13.3. The summed E-state index contributed by atoms with van der Waals surface area (Å²) in [6.07, 6.45) is 1.26. The monoisotopic (exact) mass is 406 g/mol. The van der Waals surface area contributed by atoms with Crippen LogP contribution in [0.25, 0.3) is 5.69 Å². The fourth-order valence-electron chi connectivity index (χ4n) is 4.27. The van der Waals surface area contributed by atoms with Gasteiger partial charge in [-0.1, -0.05) is 18.2 Å². The summed E-state index contributed by atoms with van der Waals surface area (Å²) in [5, 5.41) is 14.7. The molecule has 2 aromatic carbocycles. The van der Waals surface area contributed by atoms with E-state index in [2.05, 4.69) is 5.10 Å². The number of phenols is 1. The van der Waals surface area contributed by atoms with E-state index in [0.717, 1.165) is 39.8 Å². The Morgan fingerprint density at radius 2 is 1.93 bits per heavy atom. The second kappa shape index (κ2) is 7.27. The van der Waals surface area contributed by atoms with Crippen LogP contribution in [0.15, 0.2) is 36.4 Å². The van der Waals surface area contributed by atoms with Gasteiger partial charge in [-0.15, -0.1) is 4.68 Å². The largest absolute Gasteiger partial charge is 0.508 e. The van der Waals surface area contributed by atoms with E-state index in [9.17, 15) is 9.90 Å². The Morgan fingerprint density at radius 3 is 2.63 bits per heavy atom. The molecule has 0 amide bonds. The molecule has 6 heteroatoms. The third-order valence-corrected chi connectivity index (χ3v) is 6.19. The predicted octanol–water partition coefficient (Wildman–Crippen LogP) is 3.45. The first kappa shape index (κ1) is 20.1. The van der Waals surface area contributed by atoms with Crippen LogP contribution in [0.1, 0.15) is 41.7 Å². The molecule has 6 nitrogen and oxygen atoms in total.